The Morgan fingerprint density at radius 2 is 2.00 bits per heavy atom. The van der Waals surface area contributed by atoms with Crippen molar-refractivity contribution in [1.29, 1.82) is 0 Å². The van der Waals surface area contributed by atoms with Crippen LogP contribution in [0.25, 0.3) is 11.0 Å². The van der Waals surface area contributed by atoms with Crippen molar-refractivity contribution >= 4 is 23.0 Å². The summed E-state index contributed by atoms with van der Waals surface area (Å²) >= 11 is 0. The lowest BCUT2D eigenvalue weighted by molar-refractivity contribution is -0.122. The minimum absolute atomic E-state index is 0.234. The van der Waals surface area contributed by atoms with Crippen LogP contribution in [0.5, 0.6) is 5.88 Å². The normalized spacial score (nSPS) is 10.1. The molecular weight excluding hydrogens is 272 g/mol. The topological polar surface area (TPSA) is 93.2 Å². The molecule has 1 aromatic heterocycles. The summed E-state index contributed by atoms with van der Waals surface area (Å²) in [4.78, 5) is 31.2. The zero-order chi connectivity index (χ0) is 15.1. The van der Waals surface area contributed by atoms with Gasteiger partial charge in [0.1, 0.15) is 0 Å². The monoisotopic (exact) mass is 288 g/mol. The molecule has 0 atom stereocenters. The van der Waals surface area contributed by atoms with Crippen LogP contribution in [0.1, 0.15) is 13.3 Å². The molecule has 0 bridgehead atoms. The molecule has 2 aromatic rings. The zero-order valence-electron chi connectivity index (χ0n) is 11.6. The minimum atomic E-state index is -0.543. The number of hydrogen-bond donors (Lipinski definition) is 2. The molecule has 7 heteroatoms. The summed E-state index contributed by atoms with van der Waals surface area (Å²) in [6.07, 6.45) is 2.23. The SMILES string of the molecule is CCCNC(=O)NC(=O)COc1cnc2ccccc2n1. The van der Waals surface area contributed by atoms with Crippen molar-refractivity contribution in [3.8, 4) is 5.88 Å². The summed E-state index contributed by atoms with van der Waals surface area (Å²) in [5.74, 6) is -0.309. The average molecular weight is 288 g/mol. The van der Waals surface area contributed by atoms with Crippen LogP contribution in [0, 0.1) is 0 Å². The van der Waals surface area contributed by atoms with Gasteiger partial charge in [0.2, 0.25) is 5.88 Å². The predicted molar refractivity (Wildman–Crippen MR) is 76.9 cm³/mol. The van der Waals surface area contributed by atoms with E-state index in [9.17, 15) is 9.59 Å². The lowest BCUT2D eigenvalue weighted by Crippen LogP contribution is -2.41. The molecule has 7 nitrogen and oxygen atoms in total. The van der Waals surface area contributed by atoms with E-state index in [1.807, 2.05) is 25.1 Å². The number of urea groups is 1. The maximum Gasteiger partial charge on any atom is 0.321 e. The van der Waals surface area contributed by atoms with E-state index in [0.717, 1.165) is 11.9 Å². The van der Waals surface area contributed by atoms with Gasteiger partial charge in [0.05, 0.1) is 17.2 Å². The highest BCUT2D eigenvalue weighted by molar-refractivity contribution is 5.94. The molecule has 0 aliphatic heterocycles. The number of hydrogen-bond acceptors (Lipinski definition) is 5. The van der Waals surface area contributed by atoms with Gasteiger partial charge < -0.3 is 10.1 Å². The Morgan fingerprint density at radius 1 is 1.24 bits per heavy atom. The largest absolute Gasteiger partial charge is 0.466 e. The van der Waals surface area contributed by atoms with Crippen molar-refractivity contribution < 1.29 is 14.3 Å². The number of amides is 3. The lowest BCUT2D eigenvalue weighted by atomic mass is 10.3. The fraction of sp³-hybridized carbons (Fsp3) is 0.286. The van der Waals surface area contributed by atoms with Gasteiger partial charge in [0.25, 0.3) is 5.91 Å². The molecule has 2 rings (SSSR count). The van der Waals surface area contributed by atoms with Gasteiger partial charge in [-0.15, -0.1) is 0 Å². The van der Waals surface area contributed by atoms with Crippen LogP contribution in [0.15, 0.2) is 30.5 Å². The number of nitrogens with one attached hydrogen (secondary N) is 2. The Morgan fingerprint density at radius 3 is 2.76 bits per heavy atom. The lowest BCUT2D eigenvalue weighted by Gasteiger charge is -2.07. The third kappa shape index (κ3) is 4.41. The van der Waals surface area contributed by atoms with E-state index in [1.54, 1.807) is 6.07 Å². The summed E-state index contributed by atoms with van der Waals surface area (Å²) in [6, 6.07) is 6.80. The van der Waals surface area contributed by atoms with Crippen LogP contribution in [0.3, 0.4) is 0 Å². The highest BCUT2D eigenvalue weighted by Crippen LogP contribution is 2.12. The second-order valence-electron chi connectivity index (χ2n) is 4.29. The summed E-state index contributed by atoms with van der Waals surface area (Å²) in [5, 5.41) is 4.69. The third-order valence-corrected chi connectivity index (χ3v) is 2.57. The van der Waals surface area contributed by atoms with Crippen LogP contribution in [-0.4, -0.2) is 35.1 Å². The van der Waals surface area contributed by atoms with Crippen LogP contribution >= 0.6 is 0 Å². The number of ether oxygens (including phenoxy) is 1. The molecule has 3 amide bonds. The first-order valence-corrected chi connectivity index (χ1v) is 6.61. The van der Waals surface area contributed by atoms with E-state index in [-0.39, 0.29) is 12.5 Å². The predicted octanol–water partition coefficient (Wildman–Crippen LogP) is 1.24. The summed E-state index contributed by atoms with van der Waals surface area (Å²) < 4.78 is 5.22. The molecule has 0 saturated carbocycles. The summed E-state index contributed by atoms with van der Waals surface area (Å²) in [5.41, 5.74) is 1.42. The number of carbonyl (C=O) groups is 2. The van der Waals surface area contributed by atoms with Crippen molar-refractivity contribution in [1.82, 2.24) is 20.6 Å². The first-order valence-electron chi connectivity index (χ1n) is 6.61. The fourth-order valence-corrected chi connectivity index (χ4v) is 1.59. The van der Waals surface area contributed by atoms with Gasteiger partial charge in [-0.1, -0.05) is 19.1 Å². The molecule has 2 N–H and O–H groups in total. The van der Waals surface area contributed by atoms with Crippen LogP contribution in [-0.2, 0) is 4.79 Å². The van der Waals surface area contributed by atoms with Gasteiger partial charge in [0.15, 0.2) is 6.61 Å². The number of benzene rings is 1. The van der Waals surface area contributed by atoms with Crippen LogP contribution in [0.2, 0.25) is 0 Å². The highest BCUT2D eigenvalue weighted by atomic mass is 16.5. The Hall–Kier alpha value is -2.70. The quantitative estimate of drug-likeness (QED) is 0.863. The maximum absolute atomic E-state index is 11.5. The van der Waals surface area contributed by atoms with Gasteiger partial charge in [-0.2, -0.15) is 0 Å². The first kappa shape index (κ1) is 14.7. The number of fused-ring (bicyclic) bond motifs is 1. The number of aromatic nitrogens is 2. The van der Waals surface area contributed by atoms with Crippen molar-refractivity contribution in [2.75, 3.05) is 13.2 Å². The molecular formula is C14H16N4O3. The smallest absolute Gasteiger partial charge is 0.321 e. The van der Waals surface area contributed by atoms with Gasteiger partial charge in [-0.05, 0) is 18.6 Å². The standard InChI is InChI=1S/C14H16N4O3/c1-2-7-15-14(20)18-12(19)9-21-13-8-16-10-5-3-4-6-11(10)17-13/h3-6,8H,2,7,9H2,1H3,(H2,15,18,19,20). The summed E-state index contributed by atoms with van der Waals surface area (Å²) in [6.45, 7) is 2.13. The number of para-hydroxylation sites is 2. The molecule has 1 heterocycles. The van der Waals surface area contributed by atoms with Crippen LogP contribution < -0.4 is 15.4 Å². The highest BCUT2D eigenvalue weighted by Gasteiger charge is 2.08. The molecule has 0 aliphatic rings. The number of carbonyl (C=O) groups excluding carboxylic acids is 2. The Bertz CT molecular complexity index is 645. The fourth-order valence-electron chi connectivity index (χ4n) is 1.59. The number of rotatable bonds is 5. The van der Waals surface area contributed by atoms with Crippen molar-refractivity contribution in [2.24, 2.45) is 0 Å². The number of imide groups is 1. The molecule has 110 valence electrons. The van der Waals surface area contributed by atoms with Crippen molar-refractivity contribution in [3.63, 3.8) is 0 Å². The Labute approximate surface area is 121 Å². The van der Waals surface area contributed by atoms with E-state index < -0.39 is 11.9 Å². The third-order valence-electron chi connectivity index (χ3n) is 2.57. The molecule has 0 fully saturated rings. The van der Waals surface area contributed by atoms with E-state index in [4.69, 9.17) is 4.74 Å². The second kappa shape index (κ2) is 7.18. The molecule has 0 aliphatic carbocycles. The van der Waals surface area contributed by atoms with Gasteiger partial charge in [-0.3, -0.25) is 10.1 Å². The van der Waals surface area contributed by atoms with E-state index in [0.29, 0.717) is 12.1 Å². The maximum atomic E-state index is 11.5. The zero-order valence-corrected chi connectivity index (χ0v) is 11.6. The molecule has 0 spiro atoms. The van der Waals surface area contributed by atoms with Crippen molar-refractivity contribution in [2.45, 2.75) is 13.3 Å². The van der Waals surface area contributed by atoms with Gasteiger partial charge in [-0.25, -0.2) is 14.8 Å². The molecule has 1 aromatic carbocycles. The van der Waals surface area contributed by atoms with E-state index in [1.165, 1.54) is 6.20 Å². The Kier molecular flexibility index (Phi) is 5.03. The average Bonchev–Trinajstić information content (AvgIpc) is 2.50. The molecule has 21 heavy (non-hydrogen) atoms. The minimum Gasteiger partial charge on any atom is -0.466 e. The van der Waals surface area contributed by atoms with Crippen LogP contribution in [0.4, 0.5) is 4.79 Å². The van der Waals surface area contributed by atoms with Crippen molar-refractivity contribution in [3.05, 3.63) is 30.5 Å². The Balaban J connectivity index is 1.86. The number of nitrogens with zero attached hydrogens (tertiary/aromatic N) is 2. The second-order valence-corrected chi connectivity index (χ2v) is 4.29. The van der Waals surface area contributed by atoms with E-state index in [2.05, 4.69) is 20.6 Å². The van der Waals surface area contributed by atoms with Gasteiger partial charge >= 0.3 is 6.03 Å². The van der Waals surface area contributed by atoms with E-state index >= 15 is 0 Å². The summed E-state index contributed by atoms with van der Waals surface area (Å²) in [7, 11) is 0. The molecule has 0 radical (unpaired) electrons. The first-order chi connectivity index (χ1) is 10.2. The molecule has 0 saturated heterocycles. The van der Waals surface area contributed by atoms with Gasteiger partial charge in [0, 0.05) is 6.54 Å². The molecule has 0 unspecified atom stereocenters.